The van der Waals surface area contributed by atoms with E-state index in [1.54, 1.807) is 0 Å². The lowest BCUT2D eigenvalue weighted by molar-refractivity contribution is 0.0856. The summed E-state index contributed by atoms with van der Waals surface area (Å²) in [5.41, 5.74) is 7.14. The van der Waals surface area contributed by atoms with Crippen LogP contribution in [0.5, 0.6) is 0 Å². The van der Waals surface area contributed by atoms with Crippen molar-refractivity contribution in [3.63, 3.8) is 0 Å². The van der Waals surface area contributed by atoms with E-state index in [1.165, 1.54) is 19.3 Å². The molecule has 1 aliphatic heterocycles. The lowest BCUT2D eigenvalue weighted by Gasteiger charge is -2.41. The van der Waals surface area contributed by atoms with Gasteiger partial charge in [-0.2, -0.15) is 0 Å². The van der Waals surface area contributed by atoms with Crippen LogP contribution in [-0.2, 0) is 6.42 Å². The Morgan fingerprint density at radius 2 is 1.89 bits per heavy atom. The third-order valence-electron chi connectivity index (χ3n) is 3.66. The molecule has 1 saturated heterocycles. The summed E-state index contributed by atoms with van der Waals surface area (Å²) in [6.45, 7) is 4.23. The molecule has 1 aliphatic rings. The molecule has 0 aromatic heterocycles. The molecule has 4 heteroatoms. The average molecular weight is 287 g/mol. The number of hydrogen-bond donors (Lipinski definition) is 1. The number of halogens is 2. The fourth-order valence-corrected chi connectivity index (χ4v) is 2.97. The van der Waals surface area contributed by atoms with Crippen molar-refractivity contribution in [2.45, 2.75) is 38.3 Å². The summed E-state index contributed by atoms with van der Waals surface area (Å²) in [5.74, 6) is 0. The van der Waals surface area contributed by atoms with Crippen molar-refractivity contribution < 1.29 is 0 Å². The van der Waals surface area contributed by atoms with Crippen molar-refractivity contribution >= 4 is 23.2 Å². The summed E-state index contributed by atoms with van der Waals surface area (Å²) in [6.07, 6.45) is 4.50. The Kier molecular flexibility index (Phi) is 4.54. The second-order valence-corrected chi connectivity index (χ2v) is 6.08. The van der Waals surface area contributed by atoms with Crippen LogP contribution in [0.2, 0.25) is 10.0 Å². The average Bonchev–Trinajstić information content (AvgIpc) is 2.36. The molecule has 1 heterocycles. The molecular weight excluding hydrogens is 267 g/mol. The van der Waals surface area contributed by atoms with Gasteiger partial charge in [0.05, 0.1) is 15.7 Å². The smallest absolute Gasteiger partial charge is 0.0700 e. The molecule has 2 N–H and O–H groups in total. The van der Waals surface area contributed by atoms with Gasteiger partial charge in [-0.05, 0) is 44.5 Å². The Hall–Kier alpha value is -0.280. The monoisotopic (exact) mass is 286 g/mol. The maximum Gasteiger partial charge on any atom is 0.0700 e. The number of hydrogen-bond acceptors (Lipinski definition) is 2. The number of likely N-dealkylation sites (tertiary alicyclic amines) is 1. The molecule has 0 spiro atoms. The van der Waals surface area contributed by atoms with Gasteiger partial charge in [0, 0.05) is 6.42 Å². The molecule has 1 atom stereocenters. The van der Waals surface area contributed by atoms with Gasteiger partial charge in [-0.3, -0.25) is 4.90 Å². The third kappa shape index (κ3) is 3.18. The highest BCUT2D eigenvalue weighted by Crippen LogP contribution is 2.29. The minimum atomic E-state index is -0.352. The normalized spacial score (nSPS) is 20.7. The molecule has 2 rings (SSSR count). The first-order valence-corrected chi connectivity index (χ1v) is 7.23. The van der Waals surface area contributed by atoms with E-state index in [9.17, 15) is 0 Å². The summed E-state index contributed by atoms with van der Waals surface area (Å²) in [4.78, 5) is 2.35. The van der Waals surface area contributed by atoms with Crippen molar-refractivity contribution in [2.75, 3.05) is 13.1 Å². The molecule has 2 nitrogen and oxygen atoms in total. The fourth-order valence-electron chi connectivity index (χ4n) is 2.59. The predicted molar refractivity (Wildman–Crippen MR) is 78.2 cm³/mol. The first-order chi connectivity index (χ1) is 8.50. The van der Waals surface area contributed by atoms with Crippen LogP contribution in [0.15, 0.2) is 18.2 Å². The van der Waals surface area contributed by atoms with E-state index in [-0.39, 0.29) is 5.66 Å². The second kappa shape index (κ2) is 5.79. The lowest BCUT2D eigenvalue weighted by atomic mass is 9.97. The molecule has 0 radical (unpaired) electrons. The van der Waals surface area contributed by atoms with Crippen LogP contribution < -0.4 is 5.73 Å². The minimum Gasteiger partial charge on any atom is -0.313 e. The van der Waals surface area contributed by atoms with E-state index in [4.69, 9.17) is 28.9 Å². The first kappa shape index (κ1) is 14.1. The Morgan fingerprint density at radius 3 is 2.56 bits per heavy atom. The largest absolute Gasteiger partial charge is 0.313 e. The van der Waals surface area contributed by atoms with Crippen molar-refractivity contribution in [3.05, 3.63) is 33.8 Å². The van der Waals surface area contributed by atoms with Crippen molar-refractivity contribution in [1.82, 2.24) is 4.90 Å². The van der Waals surface area contributed by atoms with Gasteiger partial charge in [0.2, 0.25) is 0 Å². The van der Waals surface area contributed by atoms with Gasteiger partial charge in [-0.15, -0.1) is 0 Å². The highest BCUT2D eigenvalue weighted by molar-refractivity contribution is 6.42. The molecule has 1 aromatic rings. The van der Waals surface area contributed by atoms with Crippen LogP contribution in [0.3, 0.4) is 0 Å². The zero-order valence-electron chi connectivity index (χ0n) is 10.8. The predicted octanol–water partition coefficient (Wildman–Crippen LogP) is 3.70. The van der Waals surface area contributed by atoms with Gasteiger partial charge < -0.3 is 5.73 Å². The number of nitrogens with two attached hydrogens (primary N) is 1. The molecule has 1 fully saturated rings. The summed E-state index contributed by atoms with van der Waals surface area (Å²) in [5, 5.41) is 1.23. The first-order valence-electron chi connectivity index (χ1n) is 6.47. The van der Waals surface area contributed by atoms with Gasteiger partial charge in [0.25, 0.3) is 0 Å². The van der Waals surface area contributed by atoms with Crippen LogP contribution in [0.25, 0.3) is 0 Å². The van der Waals surface area contributed by atoms with E-state index >= 15 is 0 Å². The lowest BCUT2D eigenvalue weighted by Crippen LogP contribution is -2.56. The van der Waals surface area contributed by atoms with E-state index in [1.807, 2.05) is 18.2 Å². The quantitative estimate of drug-likeness (QED) is 0.918. The SMILES string of the molecule is CC(N)(Cc1cccc(Cl)c1Cl)N1CCCCC1. The Labute approximate surface area is 119 Å². The molecule has 1 unspecified atom stereocenters. The molecule has 1 aromatic carbocycles. The maximum atomic E-state index is 6.47. The summed E-state index contributed by atoms with van der Waals surface area (Å²) < 4.78 is 0. The zero-order valence-corrected chi connectivity index (χ0v) is 12.3. The number of nitrogens with zero attached hydrogens (tertiary/aromatic N) is 1. The fraction of sp³-hybridized carbons (Fsp3) is 0.571. The standard InChI is InChI=1S/C14H20Cl2N2/c1-14(17,18-8-3-2-4-9-18)10-11-6-5-7-12(15)13(11)16/h5-7H,2-4,8-10,17H2,1H3. The molecule has 0 saturated carbocycles. The minimum absolute atomic E-state index is 0.352. The van der Waals surface area contributed by atoms with Gasteiger partial charge >= 0.3 is 0 Å². The van der Waals surface area contributed by atoms with E-state index in [0.717, 1.165) is 25.1 Å². The van der Waals surface area contributed by atoms with Gasteiger partial charge in [0.15, 0.2) is 0 Å². The van der Waals surface area contributed by atoms with E-state index in [0.29, 0.717) is 10.0 Å². The van der Waals surface area contributed by atoms with E-state index in [2.05, 4.69) is 11.8 Å². The van der Waals surface area contributed by atoms with Gasteiger partial charge in [-0.25, -0.2) is 0 Å². The molecule has 0 amide bonds. The van der Waals surface area contributed by atoms with Crippen LogP contribution in [0.4, 0.5) is 0 Å². The van der Waals surface area contributed by atoms with Gasteiger partial charge in [0.1, 0.15) is 0 Å². The number of rotatable bonds is 3. The zero-order chi connectivity index (χ0) is 13.2. The second-order valence-electron chi connectivity index (χ2n) is 5.29. The topological polar surface area (TPSA) is 29.3 Å². The maximum absolute atomic E-state index is 6.47. The van der Waals surface area contributed by atoms with Crippen LogP contribution in [-0.4, -0.2) is 23.7 Å². The van der Waals surface area contributed by atoms with Gasteiger partial charge in [-0.1, -0.05) is 41.8 Å². The molecule has 100 valence electrons. The number of piperidine rings is 1. The Bertz CT molecular complexity index is 412. The molecule has 0 bridgehead atoms. The Morgan fingerprint density at radius 1 is 1.22 bits per heavy atom. The van der Waals surface area contributed by atoms with Crippen LogP contribution in [0, 0.1) is 0 Å². The molecule has 0 aliphatic carbocycles. The van der Waals surface area contributed by atoms with Crippen LogP contribution >= 0.6 is 23.2 Å². The van der Waals surface area contributed by atoms with E-state index < -0.39 is 0 Å². The molecule has 18 heavy (non-hydrogen) atoms. The third-order valence-corrected chi connectivity index (χ3v) is 4.52. The summed E-state index contributed by atoms with van der Waals surface area (Å²) >= 11 is 12.3. The van der Waals surface area contributed by atoms with Crippen molar-refractivity contribution in [1.29, 1.82) is 0 Å². The van der Waals surface area contributed by atoms with Crippen molar-refractivity contribution in [2.24, 2.45) is 5.73 Å². The summed E-state index contributed by atoms with van der Waals surface area (Å²) in [7, 11) is 0. The Balaban J connectivity index is 2.13. The highest BCUT2D eigenvalue weighted by Gasteiger charge is 2.29. The van der Waals surface area contributed by atoms with Crippen molar-refractivity contribution in [3.8, 4) is 0 Å². The molecular formula is C14H20Cl2N2. The van der Waals surface area contributed by atoms with Crippen LogP contribution in [0.1, 0.15) is 31.7 Å². The number of benzene rings is 1. The summed E-state index contributed by atoms with van der Waals surface area (Å²) in [6, 6.07) is 5.74. The highest BCUT2D eigenvalue weighted by atomic mass is 35.5.